The van der Waals surface area contributed by atoms with Gasteiger partial charge < -0.3 is 9.72 Å². The lowest BCUT2D eigenvalue weighted by atomic mass is 10.2. The predicted molar refractivity (Wildman–Crippen MR) is 74.2 cm³/mol. The number of benzene rings is 1. The van der Waals surface area contributed by atoms with E-state index < -0.39 is 17.0 Å². The van der Waals surface area contributed by atoms with E-state index in [4.69, 9.17) is 16.3 Å². The van der Waals surface area contributed by atoms with Crippen LogP contribution in [0, 0.1) is 0 Å². The number of rotatable bonds is 3. The second-order valence-electron chi connectivity index (χ2n) is 4.02. The highest BCUT2D eigenvalue weighted by molar-refractivity contribution is 6.32. The number of ether oxygens (including phenoxy) is 1. The van der Waals surface area contributed by atoms with E-state index in [1.165, 1.54) is 32.2 Å². The molecule has 0 radical (unpaired) electrons. The van der Waals surface area contributed by atoms with Gasteiger partial charge in [-0.15, -0.1) is 0 Å². The number of aromatic nitrogens is 2. The van der Waals surface area contributed by atoms with Crippen molar-refractivity contribution in [2.24, 2.45) is 0 Å². The molecular weight excluding hydrogens is 284 g/mol. The molecule has 6 nitrogen and oxygen atoms in total. The fourth-order valence-electron chi connectivity index (χ4n) is 1.75. The van der Waals surface area contributed by atoms with Crippen molar-refractivity contribution in [2.45, 2.75) is 6.92 Å². The fraction of sp³-hybridized carbons (Fsp3) is 0.154. The summed E-state index contributed by atoms with van der Waals surface area (Å²) in [5.41, 5.74) is -1.17. The zero-order chi connectivity index (χ0) is 14.9. The van der Waals surface area contributed by atoms with Crippen molar-refractivity contribution >= 4 is 17.4 Å². The van der Waals surface area contributed by atoms with Crippen LogP contribution in [0.4, 0.5) is 0 Å². The van der Waals surface area contributed by atoms with Gasteiger partial charge in [-0.3, -0.25) is 9.59 Å². The van der Waals surface area contributed by atoms with Crippen molar-refractivity contribution in [3.8, 4) is 11.4 Å². The van der Waals surface area contributed by atoms with E-state index in [2.05, 4.69) is 4.98 Å². The molecule has 0 atom stereocenters. The van der Waals surface area contributed by atoms with Gasteiger partial charge in [0.25, 0.3) is 5.56 Å². The largest absolute Gasteiger partial charge is 0.495 e. The van der Waals surface area contributed by atoms with Crippen LogP contribution in [0.1, 0.15) is 17.3 Å². The molecule has 1 aromatic heterocycles. The molecule has 0 amide bonds. The highest BCUT2D eigenvalue weighted by atomic mass is 35.5. The van der Waals surface area contributed by atoms with Crippen LogP contribution in [0.15, 0.2) is 34.0 Å². The third-order valence-corrected chi connectivity index (χ3v) is 3.06. The van der Waals surface area contributed by atoms with Crippen molar-refractivity contribution < 1.29 is 9.53 Å². The summed E-state index contributed by atoms with van der Waals surface area (Å²) < 4.78 is 5.89. The zero-order valence-electron chi connectivity index (χ0n) is 10.8. The minimum atomic E-state index is -0.689. The molecule has 0 saturated heterocycles. The average Bonchev–Trinajstić information content (AvgIpc) is 2.40. The van der Waals surface area contributed by atoms with Gasteiger partial charge in [0.05, 0.1) is 23.4 Å². The molecule has 0 aliphatic rings. The summed E-state index contributed by atoms with van der Waals surface area (Å²) >= 11 is 5.89. The van der Waals surface area contributed by atoms with Crippen molar-refractivity contribution in [3.05, 3.63) is 55.8 Å². The lowest BCUT2D eigenvalue weighted by Crippen LogP contribution is -2.36. The molecule has 2 rings (SSSR count). The molecular formula is C13H11ClN2O4. The Morgan fingerprint density at radius 1 is 1.35 bits per heavy atom. The van der Waals surface area contributed by atoms with E-state index in [0.717, 1.165) is 10.8 Å². The molecule has 1 heterocycles. The fourth-order valence-corrected chi connectivity index (χ4v) is 1.94. The smallest absolute Gasteiger partial charge is 0.333 e. The number of carbonyl (C=O) groups is 1. The second-order valence-corrected chi connectivity index (χ2v) is 4.43. The molecule has 0 aliphatic heterocycles. The van der Waals surface area contributed by atoms with Gasteiger partial charge in [-0.1, -0.05) is 11.6 Å². The number of carbonyl (C=O) groups excluding carboxylic acids is 1. The number of ketones is 1. The molecule has 7 heteroatoms. The lowest BCUT2D eigenvalue weighted by Gasteiger charge is -2.08. The highest BCUT2D eigenvalue weighted by Gasteiger charge is 2.13. The highest BCUT2D eigenvalue weighted by Crippen LogP contribution is 2.25. The number of methoxy groups -OCH3 is 1. The first kappa shape index (κ1) is 14.1. The Morgan fingerprint density at radius 2 is 2.05 bits per heavy atom. The maximum atomic E-state index is 12.2. The van der Waals surface area contributed by atoms with Crippen molar-refractivity contribution in [1.82, 2.24) is 9.55 Å². The Hall–Kier alpha value is -2.34. The first-order valence-electron chi connectivity index (χ1n) is 5.65. The van der Waals surface area contributed by atoms with Crippen LogP contribution in [0.5, 0.6) is 5.75 Å². The van der Waals surface area contributed by atoms with Crippen LogP contribution < -0.4 is 16.0 Å². The summed E-state index contributed by atoms with van der Waals surface area (Å²) in [5.74, 6) is -0.107. The maximum Gasteiger partial charge on any atom is 0.333 e. The normalized spacial score (nSPS) is 10.3. The Balaban J connectivity index is 2.76. The van der Waals surface area contributed by atoms with Gasteiger partial charge in [0, 0.05) is 12.3 Å². The second kappa shape index (κ2) is 5.34. The van der Waals surface area contributed by atoms with Gasteiger partial charge in [0.2, 0.25) is 0 Å². The maximum absolute atomic E-state index is 12.2. The summed E-state index contributed by atoms with van der Waals surface area (Å²) in [5, 5.41) is 0.350. The van der Waals surface area contributed by atoms with Gasteiger partial charge in [0.15, 0.2) is 5.78 Å². The van der Waals surface area contributed by atoms with Crippen molar-refractivity contribution in [1.29, 1.82) is 0 Å². The van der Waals surface area contributed by atoms with Gasteiger partial charge >= 0.3 is 5.69 Å². The van der Waals surface area contributed by atoms with Crippen molar-refractivity contribution in [3.63, 3.8) is 0 Å². The monoisotopic (exact) mass is 294 g/mol. The lowest BCUT2D eigenvalue weighted by molar-refractivity contribution is 0.101. The molecule has 0 aliphatic carbocycles. The average molecular weight is 295 g/mol. The molecule has 1 aromatic carbocycles. The van der Waals surface area contributed by atoms with E-state index in [1.54, 1.807) is 0 Å². The van der Waals surface area contributed by atoms with Crippen LogP contribution >= 0.6 is 11.6 Å². The predicted octanol–water partition coefficient (Wildman–Crippen LogP) is 1.39. The summed E-state index contributed by atoms with van der Waals surface area (Å²) in [7, 11) is 1.42. The number of hydrogen-bond donors (Lipinski definition) is 1. The number of halogens is 1. The zero-order valence-corrected chi connectivity index (χ0v) is 11.5. The first-order valence-corrected chi connectivity index (χ1v) is 6.03. The molecule has 20 heavy (non-hydrogen) atoms. The first-order chi connectivity index (χ1) is 9.45. The molecule has 0 fully saturated rings. The Morgan fingerprint density at radius 3 is 2.65 bits per heavy atom. The minimum absolute atomic E-state index is 0.0986. The van der Waals surface area contributed by atoms with E-state index in [1.807, 2.05) is 0 Å². The third kappa shape index (κ3) is 2.37. The molecule has 0 unspecified atom stereocenters. The molecule has 104 valence electrons. The Kier molecular flexibility index (Phi) is 3.76. The molecule has 0 bridgehead atoms. The molecule has 0 spiro atoms. The van der Waals surface area contributed by atoms with E-state index in [-0.39, 0.29) is 11.3 Å². The quantitative estimate of drug-likeness (QED) is 0.867. The molecule has 0 saturated carbocycles. The standard InChI is InChI=1S/C13H11ClN2O4/c1-7(17)9-6-15-13(19)16(12(9)18)8-3-4-10(14)11(5-8)20-2/h3-6H,1-2H3,(H,15,19). The van der Waals surface area contributed by atoms with E-state index in [0.29, 0.717) is 10.8 Å². The SMILES string of the molecule is COc1cc(-n2c(=O)[nH]cc(C(C)=O)c2=O)ccc1Cl. The van der Waals surface area contributed by atoms with Gasteiger partial charge in [-0.25, -0.2) is 9.36 Å². The van der Waals surface area contributed by atoms with Gasteiger partial charge in [-0.05, 0) is 19.1 Å². The van der Waals surface area contributed by atoms with Crippen LogP contribution in [-0.4, -0.2) is 22.4 Å². The summed E-state index contributed by atoms with van der Waals surface area (Å²) in [6.45, 7) is 1.25. The van der Waals surface area contributed by atoms with Gasteiger partial charge in [0.1, 0.15) is 5.75 Å². The number of nitrogens with one attached hydrogen (secondary N) is 1. The Bertz CT molecular complexity index is 792. The summed E-state index contributed by atoms with van der Waals surface area (Å²) in [6.07, 6.45) is 1.11. The topological polar surface area (TPSA) is 81.2 Å². The summed E-state index contributed by atoms with van der Waals surface area (Å²) in [6, 6.07) is 4.44. The van der Waals surface area contributed by atoms with Crippen LogP contribution in [0.2, 0.25) is 5.02 Å². The van der Waals surface area contributed by atoms with Crippen molar-refractivity contribution in [2.75, 3.05) is 7.11 Å². The number of Topliss-reactive ketones (excluding diaryl/α,β-unsaturated/α-hetero) is 1. The number of hydrogen-bond acceptors (Lipinski definition) is 4. The van der Waals surface area contributed by atoms with Crippen LogP contribution in [-0.2, 0) is 0 Å². The van der Waals surface area contributed by atoms with Gasteiger partial charge in [-0.2, -0.15) is 0 Å². The van der Waals surface area contributed by atoms with Crippen LogP contribution in [0.3, 0.4) is 0 Å². The Labute approximate surface area is 118 Å². The third-order valence-electron chi connectivity index (χ3n) is 2.75. The van der Waals surface area contributed by atoms with E-state index >= 15 is 0 Å². The van der Waals surface area contributed by atoms with E-state index in [9.17, 15) is 14.4 Å². The minimum Gasteiger partial charge on any atom is -0.495 e. The van der Waals surface area contributed by atoms with Crippen LogP contribution in [0.25, 0.3) is 5.69 Å². The number of nitrogens with zero attached hydrogens (tertiary/aromatic N) is 1. The number of H-pyrrole nitrogens is 1. The molecule has 1 N–H and O–H groups in total. The molecule has 2 aromatic rings. The summed E-state index contributed by atoms with van der Waals surface area (Å²) in [4.78, 5) is 37.7. The number of aromatic amines is 1.